The molecule has 0 spiro atoms. The molecule has 0 aliphatic heterocycles. The number of hydrogen-bond acceptors (Lipinski definition) is 5. The quantitative estimate of drug-likeness (QED) is 0.485. The van der Waals surface area contributed by atoms with Gasteiger partial charge in [-0.3, -0.25) is 4.98 Å². The Bertz CT molecular complexity index is 950. The largest absolute Gasteiger partial charge is 0.478 e. The maximum atomic E-state index is 8.72. The molecule has 0 N–H and O–H groups in total. The van der Waals surface area contributed by atoms with Crippen LogP contribution in [0.25, 0.3) is 10.9 Å². The third-order valence-electron chi connectivity index (χ3n) is 4.32. The van der Waals surface area contributed by atoms with Crippen LogP contribution < -0.4 is 4.74 Å². The van der Waals surface area contributed by atoms with E-state index in [0.717, 1.165) is 39.9 Å². The van der Waals surface area contributed by atoms with Crippen LogP contribution in [-0.2, 0) is 22.7 Å². The molecule has 0 bridgehead atoms. The van der Waals surface area contributed by atoms with Gasteiger partial charge in [-0.05, 0) is 31.0 Å². The molecule has 0 saturated heterocycles. The molecule has 28 heavy (non-hydrogen) atoms. The van der Waals surface area contributed by atoms with Gasteiger partial charge >= 0.3 is 0 Å². The second-order valence-corrected chi connectivity index (χ2v) is 6.46. The fraction of sp³-hybridized carbons (Fsp3) is 0.304. The van der Waals surface area contributed by atoms with E-state index >= 15 is 0 Å². The number of rotatable bonds is 10. The van der Waals surface area contributed by atoms with Gasteiger partial charge in [0.25, 0.3) is 0 Å². The number of fused-ring (bicyclic) bond motifs is 1. The molecular formula is C23H24N2O3. The molecule has 0 fully saturated rings. The van der Waals surface area contributed by atoms with Crippen molar-refractivity contribution in [1.82, 2.24) is 4.98 Å². The van der Waals surface area contributed by atoms with Crippen molar-refractivity contribution in [1.29, 1.82) is 5.26 Å². The van der Waals surface area contributed by atoms with E-state index in [4.69, 9.17) is 19.5 Å². The van der Waals surface area contributed by atoms with E-state index in [0.29, 0.717) is 26.4 Å². The van der Waals surface area contributed by atoms with E-state index in [2.05, 4.69) is 17.1 Å². The molecule has 2 aromatic carbocycles. The maximum absolute atomic E-state index is 8.72. The number of benzene rings is 2. The number of aromatic nitrogens is 1. The Labute approximate surface area is 165 Å². The van der Waals surface area contributed by atoms with Crippen LogP contribution in [0.3, 0.4) is 0 Å². The zero-order chi connectivity index (χ0) is 19.6. The number of hydrogen-bond donors (Lipinski definition) is 0. The lowest BCUT2D eigenvalue weighted by atomic mass is 10.1. The van der Waals surface area contributed by atoms with Crippen molar-refractivity contribution in [2.45, 2.75) is 26.6 Å². The number of ether oxygens (including phenoxy) is 3. The van der Waals surface area contributed by atoms with Gasteiger partial charge in [0.2, 0.25) is 0 Å². The lowest BCUT2D eigenvalue weighted by molar-refractivity contribution is 0.0678. The maximum Gasteiger partial charge on any atom is 0.174 e. The minimum Gasteiger partial charge on any atom is -0.478 e. The summed E-state index contributed by atoms with van der Waals surface area (Å²) in [7, 11) is 0. The smallest absolute Gasteiger partial charge is 0.174 e. The van der Waals surface area contributed by atoms with E-state index in [-0.39, 0.29) is 6.61 Å². The Balaban J connectivity index is 1.37. The summed E-state index contributed by atoms with van der Waals surface area (Å²) in [6.45, 7) is 4.15. The molecule has 0 unspecified atom stereocenters. The summed E-state index contributed by atoms with van der Waals surface area (Å²) in [5.41, 5.74) is 3.87. The van der Waals surface area contributed by atoms with Crippen LogP contribution in [0.4, 0.5) is 0 Å². The van der Waals surface area contributed by atoms with Gasteiger partial charge in [-0.2, -0.15) is 5.26 Å². The van der Waals surface area contributed by atoms with Gasteiger partial charge in [0.15, 0.2) is 6.61 Å². The first-order valence-electron chi connectivity index (χ1n) is 9.36. The van der Waals surface area contributed by atoms with E-state index in [1.807, 2.05) is 55.5 Å². The fourth-order valence-electron chi connectivity index (χ4n) is 2.95. The van der Waals surface area contributed by atoms with Crippen molar-refractivity contribution >= 4 is 10.9 Å². The van der Waals surface area contributed by atoms with Crippen LogP contribution in [0, 0.1) is 18.3 Å². The molecule has 0 aliphatic carbocycles. The zero-order valence-corrected chi connectivity index (χ0v) is 16.1. The molecule has 3 rings (SSSR count). The minimum atomic E-state index is 0.0362. The van der Waals surface area contributed by atoms with Gasteiger partial charge in [0, 0.05) is 24.2 Å². The lowest BCUT2D eigenvalue weighted by Crippen LogP contribution is -2.05. The summed E-state index contributed by atoms with van der Waals surface area (Å²) in [4.78, 5) is 4.60. The van der Waals surface area contributed by atoms with Crippen LogP contribution >= 0.6 is 0 Å². The molecule has 0 atom stereocenters. The molecular weight excluding hydrogens is 352 g/mol. The van der Waals surface area contributed by atoms with Gasteiger partial charge in [-0.15, -0.1) is 0 Å². The van der Waals surface area contributed by atoms with E-state index < -0.39 is 0 Å². The van der Waals surface area contributed by atoms with E-state index in [1.54, 1.807) is 0 Å². The average molecular weight is 376 g/mol. The molecule has 0 aliphatic rings. The highest BCUT2D eigenvalue weighted by Crippen LogP contribution is 2.24. The lowest BCUT2D eigenvalue weighted by Gasteiger charge is -2.12. The number of nitriles is 1. The van der Waals surface area contributed by atoms with Crippen molar-refractivity contribution < 1.29 is 14.2 Å². The normalized spacial score (nSPS) is 10.7. The molecule has 0 amide bonds. The second kappa shape index (κ2) is 10.4. The van der Waals surface area contributed by atoms with Gasteiger partial charge < -0.3 is 14.2 Å². The molecule has 3 aromatic rings. The number of aryl methyl sites for hydroxylation is 1. The van der Waals surface area contributed by atoms with Gasteiger partial charge in [-0.25, -0.2) is 0 Å². The Morgan fingerprint density at radius 3 is 2.61 bits per heavy atom. The number of pyridine rings is 1. The topological polar surface area (TPSA) is 64.4 Å². The summed E-state index contributed by atoms with van der Waals surface area (Å²) in [6.07, 6.45) is 0.799. The summed E-state index contributed by atoms with van der Waals surface area (Å²) >= 11 is 0. The van der Waals surface area contributed by atoms with Crippen molar-refractivity contribution in [2.24, 2.45) is 0 Å². The van der Waals surface area contributed by atoms with E-state index in [9.17, 15) is 0 Å². The third kappa shape index (κ3) is 5.53. The molecule has 5 nitrogen and oxygen atoms in total. The first kappa shape index (κ1) is 19.8. The monoisotopic (exact) mass is 376 g/mol. The average Bonchev–Trinajstić information content (AvgIpc) is 2.72. The van der Waals surface area contributed by atoms with Crippen LogP contribution in [-0.4, -0.2) is 24.8 Å². The predicted octanol–water partition coefficient (Wildman–Crippen LogP) is 4.57. The molecule has 1 aromatic heterocycles. The number of nitrogens with zero attached hydrogens (tertiary/aromatic N) is 2. The highest BCUT2D eigenvalue weighted by molar-refractivity contribution is 5.78. The highest BCUT2D eigenvalue weighted by atomic mass is 16.5. The molecule has 144 valence electrons. The van der Waals surface area contributed by atoms with Crippen molar-refractivity contribution in [3.8, 4) is 11.8 Å². The van der Waals surface area contributed by atoms with Crippen molar-refractivity contribution in [3.05, 3.63) is 71.4 Å². The highest BCUT2D eigenvalue weighted by Gasteiger charge is 2.07. The summed E-state index contributed by atoms with van der Waals surface area (Å²) in [6, 6.07) is 20.0. The SMILES string of the molecule is Cc1cccc(COCCCOCc2ccc3ccccc3n2)c1OCC#N. The number of para-hydroxylation sites is 2. The molecule has 1 heterocycles. The van der Waals surface area contributed by atoms with E-state index in [1.165, 1.54) is 0 Å². The van der Waals surface area contributed by atoms with Gasteiger partial charge in [0.1, 0.15) is 11.8 Å². The second-order valence-electron chi connectivity index (χ2n) is 6.46. The summed E-state index contributed by atoms with van der Waals surface area (Å²) < 4.78 is 17.0. The van der Waals surface area contributed by atoms with Gasteiger partial charge in [0.05, 0.1) is 24.4 Å². The predicted molar refractivity (Wildman–Crippen MR) is 108 cm³/mol. The van der Waals surface area contributed by atoms with Gasteiger partial charge in [-0.1, -0.05) is 42.5 Å². The summed E-state index contributed by atoms with van der Waals surface area (Å²) in [5, 5.41) is 9.85. The van der Waals surface area contributed by atoms with Crippen molar-refractivity contribution in [2.75, 3.05) is 19.8 Å². The Morgan fingerprint density at radius 1 is 0.929 bits per heavy atom. The standard InChI is InChI=1S/C23H24N2O3/c1-18-6-4-8-20(23(18)28-15-12-24)16-26-13-5-14-27-17-21-11-10-19-7-2-3-9-22(19)25-21/h2-4,6-11H,5,13-17H2,1H3. The third-order valence-corrected chi connectivity index (χ3v) is 4.32. The molecule has 0 saturated carbocycles. The summed E-state index contributed by atoms with van der Waals surface area (Å²) in [5.74, 6) is 0.739. The van der Waals surface area contributed by atoms with Crippen LogP contribution in [0.2, 0.25) is 0 Å². The fourth-order valence-corrected chi connectivity index (χ4v) is 2.95. The molecule has 0 radical (unpaired) electrons. The van der Waals surface area contributed by atoms with Crippen LogP contribution in [0.1, 0.15) is 23.2 Å². The Morgan fingerprint density at radius 2 is 1.75 bits per heavy atom. The van der Waals surface area contributed by atoms with Crippen LogP contribution in [0.5, 0.6) is 5.75 Å². The zero-order valence-electron chi connectivity index (χ0n) is 16.1. The van der Waals surface area contributed by atoms with Crippen LogP contribution in [0.15, 0.2) is 54.6 Å². The molecule has 5 heteroatoms. The van der Waals surface area contributed by atoms with Crippen molar-refractivity contribution in [3.63, 3.8) is 0 Å². The first-order chi connectivity index (χ1) is 13.8. The Kier molecular flexibility index (Phi) is 7.36. The Hall–Kier alpha value is -2.94. The first-order valence-corrected chi connectivity index (χ1v) is 9.36. The minimum absolute atomic E-state index is 0.0362.